The van der Waals surface area contributed by atoms with E-state index in [2.05, 4.69) is 15.1 Å². The second-order valence-electron chi connectivity index (χ2n) is 6.47. The molecule has 0 aliphatic carbocycles. The Morgan fingerprint density at radius 1 is 1.40 bits per heavy atom. The van der Waals surface area contributed by atoms with E-state index in [1.807, 2.05) is 13.8 Å². The quantitative estimate of drug-likeness (QED) is 0.906. The summed E-state index contributed by atoms with van der Waals surface area (Å²) in [6.45, 7) is 5.03. The average Bonchev–Trinajstić information content (AvgIpc) is 3.12. The van der Waals surface area contributed by atoms with Crippen LogP contribution in [-0.4, -0.2) is 50.1 Å². The van der Waals surface area contributed by atoms with Crippen molar-refractivity contribution in [3.8, 4) is 0 Å². The highest BCUT2D eigenvalue weighted by Crippen LogP contribution is 2.27. The van der Waals surface area contributed by atoms with Crippen LogP contribution in [-0.2, 0) is 0 Å². The minimum Gasteiger partial charge on any atom is -0.478 e. The van der Waals surface area contributed by atoms with E-state index in [9.17, 15) is 9.59 Å². The molecule has 1 fully saturated rings. The molecule has 1 N–H and O–H groups in total. The van der Waals surface area contributed by atoms with Crippen LogP contribution in [0, 0.1) is 0 Å². The molecule has 0 radical (unpaired) electrons. The molecule has 3 rings (SSSR count). The Balaban J connectivity index is 1.75. The molecule has 0 saturated carbocycles. The maximum atomic E-state index is 12.7. The number of nitrogens with zero attached hydrogens (tertiary/aromatic N) is 4. The molecule has 0 spiro atoms. The van der Waals surface area contributed by atoms with E-state index in [0.717, 1.165) is 12.8 Å². The van der Waals surface area contributed by atoms with Gasteiger partial charge < -0.3 is 14.5 Å². The minimum absolute atomic E-state index is 0.0107. The molecule has 1 atom stereocenters. The molecular weight excluding hydrogens is 324 g/mol. The van der Waals surface area contributed by atoms with Crippen molar-refractivity contribution in [2.24, 2.45) is 0 Å². The number of piperidine rings is 1. The van der Waals surface area contributed by atoms with E-state index in [4.69, 9.17) is 9.63 Å². The molecule has 1 unspecified atom stereocenters. The third kappa shape index (κ3) is 3.67. The Kier molecular flexibility index (Phi) is 4.78. The van der Waals surface area contributed by atoms with E-state index in [1.54, 1.807) is 4.90 Å². The minimum atomic E-state index is -1.08. The molecule has 132 valence electrons. The van der Waals surface area contributed by atoms with Crippen molar-refractivity contribution in [2.75, 3.05) is 13.1 Å². The van der Waals surface area contributed by atoms with Gasteiger partial charge in [0.05, 0.1) is 5.56 Å². The molecule has 1 amide bonds. The lowest BCUT2D eigenvalue weighted by Crippen LogP contribution is -2.39. The normalized spacial score (nSPS) is 17.7. The summed E-state index contributed by atoms with van der Waals surface area (Å²) >= 11 is 0. The van der Waals surface area contributed by atoms with Crippen LogP contribution in [0.25, 0.3) is 0 Å². The molecule has 1 saturated heterocycles. The number of aromatic carboxylic acids is 1. The summed E-state index contributed by atoms with van der Waals surface area (Å²) in [5, 5.41) is 13.1. The number of carboxylic acids is 1. The van der Waals surface area contributed by atoms with Gasteiger partial charge >= 0.3 is 5.97 Å². The number of carbonyl (C=O) groups is 2. The van der Waals surface area contributed by atoms with Crippen LogP contribution in [0.5, 0.6) is 0 Å². The number of amides is 1. The van der Waals surface area contributed by atoms with E-state index in [-0.39, 0.29) is 29.0 Å². The first-order valence-corrected chi connectivity index (χ1v) is 8.28. The number of carboxylic acid groups (broad SMARTS) is 1. The SMILES string of the molecule is CC(C)c1nc(C2CCCN(C(=O)c3cc(C(=O)O)ccn3)C2)no1. The first-order chi connectivity index (χ1) is 12.0. The Hall–Kier alpha value is -2.77. The fourth-order valence-electron chi connectivity index (χ4n) is 2.86. The molecule has 0 bridgehead atoms. The van der Waals surface area contributed by atoms with Gasteiger partial charge in [0.15, 0.2) is 5.82 Å². The van der Waals surface area contributed by atoms with Crippen LogP contribution in [0.2, 0.25) is 0 Å². The Labute approximate surface area is 144 Å². The fourth-order valence-corrected chi connectivity index (χ4v) is 2.86. The third-order valence-corrected chi connectivity index (χ3v) is 4.25. The monoisotopic (exact) mass is 344 g/mol. The van der Waals surface area contributed by atoms with Crippen LogP contribution < -0.4 is 0 Å². The van der Waals surface area contributed by atoms with Gasteiger partial charge in [-0.2, -0.15) is 4.98 Å². The number of carbonyl (C=O) groups excluding carboxylic acids is 1. The van der Waals surface area contributed by atoms with Gasteiger partial charge in [-0.05, 0) is 25.0 Å². The number of likely N-dealkylation sites (tertiary alicyclic amines) is 1. The first kappa shape index (κ1) is 17.1. The predicted molar refractivity (Wildman–Crippen MR) is 87.5 cm³/mol. The zero-order valence-corrected chi connectivity index (χ0v) is 14.2. The van der Waals surface area contributed by atoms with Crippen LogP contribution >= 0.6 is 0 Å². The standard InChI is InChI=1S/C17H20N4O4/c1-10(2)15-19-14(20-25-15)12-4-3-7-21(9-12)16(22)13-8-11(17(23)24)5-6-18-13/h5-6,8,10,12H,3-4,7,9H2,1-2H3,(H,23,24). The zero-order valence-electron chi connectivity index (χ0n) is 14.2. The van der Waals surface area contributed by atoms with Crippen molar-refractivity contribution in [1.82, 2.24) is 20.0 Å². The van der Waals surface area contributed by atoms with E-state index < -0.39 is 5.97 Å². The van der Waals surface area contributed by atoms with Gasteiger partial charge in [-0.1, -0.05) is 19.0 Å². The average molecular weight is 344 g/mol. The number of hydrogen-bond donors (Lipinski definition) is 1. The van der Waals surface area contributed by atoms with Crippen LogP contribution in [0.15, 0.2) is 22.9 Å². The molecule has 8 nitrogen and oxygen atoms in total. The summed E-state index contributed by atoms with van der Waals surface area (Å²) in [6, 6.07) is 2.67. The second-order valence-corrected chi connectivity index (χ2v) is 6.47. The van der Waals surface area contributed by atoms with Gasteiger partial charge in [0.2, 0.25) is 5.89 Å². The van der Waals surface area contributed by atoms with Crippen molar-refractivity contribution in [2.45, 2.75) is 38.5 Å². The Morgan fingerprint density at radius 2 is 2.20 bits per heavy atom. The van der Waals surface area contributed by atoms with Crippen molar-refractivity contribution < 1.29 is 19.2 Å². The van der Waals surface area contributed by atoms with Gasteiger partial charge in [-0.15, -0.1) is 0 Å². The Morgan fingerprint density at radius 3 is 2.88 bits per heavy atom. The van der Waals surface area contributed by atoms with Gasteiger partial charge in [0, 0.05) is 31.1 Å². The largest absolute Gasteiger partial charge is 0.478 e. The number of pyridine rings is 1. The van der Waals surface area contributed by atoms with Gasteiger partial charge in [-0.25, -0.2) is 4.79 Å². The molecule has 0 aromatic carbocycles. The number of aromatic nitrogens is 3. The van der Waals surface area contributed by atoms with Crippen molar-refractivity contribution >= 4 is 11.9 Å². The number of hydrogen-bond acceptors (Lipinski definition) is 6. The van der Waals surface area contributed by atoms with Crippen LogP contribution in [0.4, 0.5) is 0 Å². The van der Waals surface area contributed by atoms with Crippen LogP contribution in [0.3, 0.4) is 0 Å². The molecule has 2 aromatic heterocycles. The fraction of sp³-hybridized carbons (Fsp3) is 0.471. The molecule has 1 aliphatic heterocycles. The van der Waals surface area contributed by atoms with Crippen molar-refractivity contribution in [1.29, 1.82) is 0 Å². The molecule has 3 heterocycles. The maximum absolute atomic E-state index is 12.7. The summed E-state index contributed by atoms with van der Waals surface area (Å²) in [7, 11) is 0. The zero-order chi connectivity index (χ0) is 18.0. The smallest absolute Gasteiger partial charge is 0.335 e. The highest BCUT2D eigenvalue weighted by molar-refractivity contribution is 5.95. The van der Waals surface area contributed by atoms with Crippen molar-refractivity contribution in [3.05, 3.63) is 41.3 Å². The van der Waals surface area contributed by atoms with E-state index in [1.165, 1.54) is 18.3 Å². The summed E-state index contributed by atoms with van der Waals surface area (Å²) in [5.74, 6) is 0.0197. The molecular formula is C17H20N4O4. The number of rotatable bonds is 4. The summed E-state index contributed by atoms with van der Waals surface area (Å²) in [6.07, 6.45) is 3.04. The predicted octanol–water partition coefficient (Wildman–Crippen LogP) is 2.31. The van der Waals surface area contributed by atoms with Gasteiger partial charge in [0.1, 0.15) is 5.69 Å². The van der Waals surface area contributed by atoms with Gasteiger partial charge in [-0.3, -0.25) is 9.78 Å². The maximum Gasteiger partial charge on any atom is 0.335 e. The topological polar surface area (TPSA) is 109 Å². The lowest BCUT2D eigenvalue weighted by atomic mass is 9.97. The molecule has 1 aliphatic rings. The highest BCUT2D eigenvalue weighted by Gasteiger charge is 2.29. The lowest BCUT2D eigenvalue weighted by Gasteiger charge is -2.31. The summed E-state index contributed by atoms with van der Waals surface area (Å²) < 4.78 is 5.26. The van der Waals surface area contributed by atoms with Crippen molar-refractivity contribution in [3.63, 3.8) is 0 Å². The molecule has 8 heteroatoms. The van der Waals surface area contributed by atoms with Crippen LogP contribution in [0.1, 0.15) is 71.1 Å². The first-order valence-electron chi connectivity index (χ1n) is 8.28. The third-order valence-electron chi connectivity index (χ3n) is 4.25. The summed E-state index contributed by atoms with van der Waals surface area (Å²) in [5.41, 5.74) is 0.184. The second kappa shape index (κ2) is 7.00. The highest BCUT2D eigenvalue weighted by atomic mass is 16.5. The van der Waals surface area contributed by atoms with Gasteiger partial charge in [0.25, 0.3) is 5.91 Å². The summed E-state index contributed by atoms with van der Waals surface area (Å²) in [4.78, 5) is 33.9. The van der Waals surface area contributed by atoms with E-state index in [0.29, 0.717) is 24.8 Å². The lowest BCUT2D eigenvalue weighted by molar-refractivity contribution is 0.0695. The van der Waals surface area contributed by atoms with E-state index >= 15 is 0 Å². The molecule has 25 heavy (non-hydrogen) atoms. The Bertz CT molecular complexity index is 786. The molecule has 2 aromatic rings.